The van der Waals surface area contributed by atoms with Gasteiger partial charge >= 0.3 is 0 Å². The van der Waals surface area contributed by atoms with E-state index < -0.39 is 0 Å². The maximum atomic E-state index is 5.59. The number of hydrogen-bond acceptors (Lipinski definition) is 3. The molecule has 0 saturated heterocycles. The Morgan fingerprint density at radius 2 is 2.14 bits per heavy atom. The van der Waals surface area contributed by atoms with Crippen molar-refractivity contribution in [2.45, 2.75) is 19.9 Å². The summed E-state index contributed by atoms with van der Waals surface area (Å²) in [5.41, 5.74) is 6.61. The van der Waals surface area contributed by atoms with Crippen LogP contribution in [0.5, 0.6) is 11.5 Å². The Bertz CT molecular complexity index is 287. The molecule has 3 nitrogen and oxygen atoms in total. The fourth-order valence-electron chi connectivity index (χ4n) is 1.18. The zero-order valence-corrected chi connectivity index (χ0v) is 8.75. The van der Waals surface area contributed by atoms with Gasteiger partial charge in [-0.05, 0) is 12.5 Å². The fourth-order valence-corrected chi connectivity index (χ4v) is 1.18. The van der Waals surface area contributed by atoms with Crippen LogP contribution in [0, 0.1) is 0 Å². The van der Waals surface area contributed by atoms with Crippen molar-refractivity contribution in [2.75, 3.05) is 13.7 Å². The van der Waals surface area contributed by atoms with Gasteiger partial charge in [0, 0.05) is 18.2 Å². The minimum absolute atomic E-state index is 0.489. The first-order valence-corrected chi connectivity index (χ1v) is 4.81. The van der Waals surface area contributed by atoms with E-state index in [9.17, 15) is 0 Å². The Balaban J connectivity index is 2.84. The van der Waals surface area contributed by atoms with Crippen LogP contribution in [0.2, 0.25) is 0 Å². The molecule has 1 rings (SSSR count). The van der Waals surface area contributed by atoms with Crippen LogP contribution in [-0.2, 0) is 6.54 Å². The molecule has 0 unspecified atom stereocenters. The smallest absolute Gasteiger partial charge is 0.127 e. The van der Waals surface area contributed by atoms with Crippen LogP contribution < -0.4 is 15.2 Å². The second-order valence-electron chi connectivity index (χ2n) is 3.03. The fraction of sp³-hybridized carbons (Fsp3) is 0.455. The predicted octanol–water partition coefficient (Wildman–Crippen LogP) is 1.94. The van der Waals surface area contributed by atoms with Crippen LogP contribution in [0.1, 0.15) is 18.9 Å². The third-order valence-electron chi connectivity index (χ3n) is 1.96. The first-order chi connectivity index (χ1) is 6.81. The summed E-state index contributed by atoms with van der Waals surface area (Å²) in [5.74, 6) is 1.63. The molecule has 0 saturated carbocycles. The van der Waals surface area contributed by atoms with Gasteiger partial charge in [0.15, 0.2) is 0 Å². The van der Waals surface area contributed by atoms with Crippen molar-refractivity contribution < 1.29 is 9.47 Å². The van der Waals surface area contributed by atoms with Gasteiger partial charge in [-0.1, -0.05) is 13.0 Å². The molecular formula is C11H17NO2. The molecule has 2 N–H and O–H groups in total. The highest BCUT2D eigenvalue weighted by molar-refractivity contribution is 5.40. The largest absolute Gasteiger partial charge is 0.497 e. The summed E-state index contributed by atoms with van der Waals surface area (Å²) in [6.45, 7) is 3.27. The molecule has 0 aliphatic rings. The molecule has 3 heteroatoms. The van der Waals surface area contributed by atoms with Crippen molar-refractivity contribution in [1.29, 1.82) is 0 Å². The van der Waals surface area contributed by atoms with Crippen LogP contribution in [0.4, 0.5) is 0 Å². The van der Waals surface area contributed by atoms with E-state index in [0.29, 0.717) is 13.2 Å². The highest BCUT2D eigenvalue weighted by atomic mass is 16.5. The molecule has 0 bridgehead atoms. The van der Waals surface area contributed by atoms with Crippen molar-refractivity contribution in [1.82, 2.24) is 0 Å². The maximum absolute atomic E-state index is 5.59. The second kappa shape index (κ2) is 5.50. The molecule has 0 radical (unpaired) electrons. The van der Waals surface area contributed by atoms with Gasteiger partial charge in [-0.2, -0.15) is 0 Å². The molecule has 0 atom stereocenters. The van der Waals surface area contributed by atoms with E-state index in [0.717, 1.165) is 23.5 Å². The molecule has 0 aliphatic carbocycles. The zero-order chi connectivity index (χ0) is 10.4. The van der Waals surface area contributed by atoms with Crippen molar-refractivity contribution in [3.05, 3.63) is 23.8 Å². The predicted molar refractivity (Wildman–Crippen MR) is 56.7 cm³/mol. The second-order valence-corrected chi connectivity index (χ2v) is 3.03. The van der Waals surface area contributed by atoms with E-state index >= 15 is 0 Å². The SMILES string of the molecule is CCCOc1cc(OC)ccc1CN. The standard InChI is InChI=1S/C11H17NO2/c1-3-6-14-11-7-10(13-2)5-4-9(11)8-12/h4-5,7H,3,6,8,12H2,1-2H3. The van der Waals surface area contributed by atoms with Gasteiger partial charge in [-0.25, -0.2) is 0 Å². The topological polar surface area (TPSA) is 44.5 Å². The van der Waals surface area contributed by atoms with Crippen LogP contribution in [-0.4, -0.2) is 13.7 Å². The molecule has 78 valence electrons. The normalized spacial score (nSPS) is 9.93. The molecule has 0 aromatic heterocycles. The van der Waals surface area contributed by atoms with E-state index in [1.165, 1.54) is 0 Å². The molecule has 0 spiro atoms. The van der Waals surface area contributed by atoms with E-state index in [1.54, 1.807) is 7.11 Å². The van der Waals surface area contributed by atoms with Gasteiger partial charge in [0.05, 0.1) is 13.7 Å². The van der Waals surface area contributed by atoms with E-state index in [-0.39, 0.29) is 0 Å². The Labute approximate surface area is 84.8 Å². The molecule has 0 amide bonds. The summed E-state index contributed by atoms with van der Waals surface area (Å²) in [6, 6.07) is 5.70. The molecule has 0 aliphatic heterocycles. The molecule has 0 heterocycles. The summed E-state index contributed by atoms with van der Waals surface area (Å²) in [7, 11) is 1.64. The average Bonchev–Trinajstić information content (AvgIpc) is 2.25. The lowest BCUT2D eigenvalue weighted by Gasteiger charge is -2.10. The van der Waals surface area contributed by atoms with Gasteiger partial charge in [0.1, 0.15) is 11.5 Å². The van der Waals surface area contributed by atoms with Crippen LogP contribution in [0.25, 0.3) is 0 Å². The summed E-state index contributed by atoms with van der Waals surface area (Å²) < 4.78 is 10.7. The minimum Gasteiger partial charge on any atom is -0.497 e. The lowest BCUT2D eigenvalue weighted by Crippen LogP contribution is -2.03. The van der Waals surface area contributed by atoms with Crippen LogP contribution in [0.15, 0.2) is 18.2 Å². The lowest BCUT2D eigenvalue weighted by molar-refractivity contribution is 0.311. The third kappa shape index (κ3) is 2.64. The highest BCUT2D eigenvalue weighted by Crippen LogP contribution is 2.24. The summed E-state index contributed by atoms with van der Waals surface area (Å²) in [4.78, 5) is 0. The Morgan fingerprint density at radius 3 is 2.71 bits per heavy atom. The summed E-state index contributed by atoms with van der Waals surface area (Å²) in [6.07, 6.45) is 0.987. The quantitative estimate of drug-likeness (QED) is 0.781. The number of methoxy groups -OCH3 is 1. The molecule has 14 heavy (non-hydrogen) atoms. The number of benzene rings is 1. The maximum Gasteiger partial charge on any atom is 0.127 e. The Morgan fingerprint density at radius 1 is 1.36 bits per heavy atom. The van der Waals surface area contributed by atoms with Crippen LogP contribution >= 0.6 is 0 Å². The zero-order valence-electron chi connectivity index (χ0n) is 8.75. The number of nitrogens with two attached hydrogens (primary N) is 1. The number of ether oxygens (including phenoxy) is 2. The first kappa shape index (κ1) is 10.9. The van der Waals surface area contributed by atoms with Crippen molar-refractivity contribution in [2.24, 2.45) is 5.73 Å². The monoisotopic (exact) mass is 195 g/mol. The molecule has 1 aromatic carbocycles. The first-order valence-electron chi connectivity index (χ1n) is 4.81. The third-order valence-corrected chi connectivity index (χ3v) is 1.96. The van der Waals surface area contributed by atoms with Gasteiger partial charge in [0.25, 0.3) is 0 Å². The number of rotatable bonds is 5. The van der Waals surface area contributed by atoms with Gasteiger partial charge in [-0.3, -0.25) is 0 Å². The highest BCUT2D eigenvalue weighted by Gasteiger charge is 2.03. The van der Waals surface area contributed by atoms with Crippen molar-refractivity contribution >= 4 is 0 Å². The van der Waals surface area contributed by atoms with E-state index in [4.69, 9.17) is 15.2 Å². The number of hydrogen-bond donors (Lipinski definition) is 1. The van der Waals surface area contributed by atoms with E-state index in [1.807, 2.05) is 18.2 Å². The average molecular weight is 195 g/mol. The van der Waals surface area contributed by atoms with Crippen molar-refractivity contribution in [3.63, 3.8) is 0 Å². The van der Waals surface area contributed by atoms with Gasteiger partial charge in [-0.15, -0.1) is 0 Å². The van der Waals surface area contributed by atoms with Crippen molar-refractivity contribution in [3.8, 4) is 11.5 Å². The molecule has 0 fully saturated rings. The Kier molecular flexibility index (Phi) is 4.26. The minimum atomic E-state index is 0.489. The van der Waals surface area contributed by atoms with Gasteiger partial charge in [0.2, 0.25) is 0 Å². The van der Waals surface area contributed by atoms with Gasteiger partial charge < -0.3 is 15.2 Å². The van der Waals surface area contributed by atoms with E-state index in [2.05, 4.69) is 6.92 Å². The van der Waals surface area contributed by atoms with Crippen LogP contribution in [0.3, 0.4) is 0 Å². The molecule has 1 aromatic rings. The lowest BCUT2D eigenvalue weighted by atomic mass is 10.2. The summed E-state index contributed by atoms with van der Waals surface area (Å²) >= 11 is 0. The Hall–Kier alpha value is -1.22. The summed E-state index contributed by atoms with van der Waals surface area (Å²) in [5, 5.41) is 0. The molecular weight excluding hydrogens is 178 g/mol.